The first kappa shape index (κ1) is 12.8. The van der Waals surface area contributed by atoms with Crippen LogP contribution >= 0.6 is 11.6 Å². The molecule has 0 fully saturated rings. The first-order valence-corrected chi connectivity index (χ1v) is 6.05. The van der Waals surface area contributed by atoms with E-state index < -0.39 is 0 Å². The third kappa shape index (κ3) is 2.79. The zero-order valence-electron chi connectivity index (χ0n) is 10.3. The lowest BCUT2D eigenvalue weighted by Crippen LogP contribution is -2.04. The number of benzene rings is 1. The van der Waals surface area contributed by atoms with Gasteiger partial charge in [0.1, 0.15) is 5.82 Å². The van der Waals surface area contributed by atoms with E-state index in [9.17, 15) is 4.39 Å². The predicted molar refractivity (Wildman–Crippen MR) is 72.4 cm³/mol. The average molecular weight is 265 g/mol. The summed E-state index contributed by atoms with van der Waals surface area (Å²) >= 11 is 6.00. The summed E-state index contributed by atoms with van der Waals surface area (Å²) in [7, 11) is 0. The number of aromatic nitrogens is 1. The van der Waals surface area contributed by atoms with Crippen LogP contribution in [0.1, 0.15) is 16.7 Å². The normalized spacial score (nSPS) is 10.4. The summed E-state index contributed by atoms with van der Waals surface area (Å²) in [6, 6.07) is 6.91. The van der Waals surface area contributed by atoms with Crippen molar-refractivity contribution in [2.45, 2.75) is 20.4 Å². The van der Waals surface area contributed by atoms with E-state index in [1.807, 2.05) is 26.0 Å². The largest absolute Gasteiger partial charge is 0.378 e. The Bertz CT molecular complexity index is 549. The van der Waals surface area contributed by atoms with Gasteiger partial charge in [0.2, 0.25) is 0 Å². The Morgan fingerprint density at radius 1 is 1.28 bits per heavy atom. The van der Waals surface area contributed by atoms with Gasteiger partial charge in [0.15, 0.2) is 5.15 Å². The molecule has 2 rings (SSSR count). The van der Waals surface area contributed by atoms with Gasteiger partial charge in [-0.3, -0.25) is 0 Å². The van der Waals surface area contributed by atoms with Gasteiger partial charge in [-0.05, 0) is 31.5 Å². The van der Waals surface area contributed by atoms with Crippen LogP contribution in [-0.2, 0) is 6.54 Å². The van der Waals surface area contributed by atoms with Crippen molar-refractivity contribution in [3.8, 4) is 0 Å². The molecule has 1 heterocycles. The minimum atomic E-state index is -0.217. The molecule has 2 aromatic rings. The fraction of sp³-hybridized carbons (Fsp3) is 0.214. The summed E-state index contributed by atoms with van der Waals surface area (Å²) in [5, 5.41) is 3.54. The molecule has 0 saturated heterocycles. The molecule has 0 saturated carbocycles. The number of hydrogen-bond acceptors (Lipinski definition) is 2. The second-order valence-corrected chi connectivity index (χ2v) is 4.60. The summed E-state index contributed by atoms with van der Waals surface area (Å²) in [4.78, 5) is 4.00. The van der Waals surface area contributed by atoms with Crippen LogP contribution < -0.4 is 5.32 Å². The first-order valence-electron chi connectivity index (χ1n) is 5.68. The zero-order chi connectivity index (χ0) is 13.1. The Labute approximate surface area is 111 Å². The van der Waals surface area contributed by atoms with Crippen LogP contribution in [0.15, 0.2) is 30.5 Å². The molecule has 0 unspecified atom stereocenters. The van der Waals surface area contributed by atoms with Crippen molar-refractivity contribution in [2.75, 3.05) is 5.32 Å². The highest BCUT2D eigenvalue weighted by atomic mass is 35.5. The van der Waals surface area contributed by atoms with Crippen molar-refractivity contribution in [3.05, 3.63) is 58.1 Å². The van der Waals surface area contributed by atoms with Crippen LogP contribution in [-0.4, -0.2) is 4.98 Å². The van der Waals surface area contributed by atoms with Gasteiger partial charge < -0.3 is 5.32 Å². The van der Waals surface area contributed by atoms with E-state index in [0.717, 1.165) is 16.8 Å². The number of rotatable bonds is 3. The second-order valence-electron chi connectivity index (χ2n) is 4.24. The van der Waals surface area contributed by atoms with Gasteiger partial charge in [-0.2, -0.15) is 0 Å². The molecule has 0 atom stereocenters. The second kappa shape index (κ2) is 5.36. The Kier molecular flexibility index (Phi) is 3.82. The van der Waals surface area contributed by atoms with Crippen LogP contribution in [0.4, 0.5) is 10.1 Å². The summed E-state index contributed by atoms with van der Waals surface area (Å²) in [5.41, 5.74) is 3.39. The summed E-state index contributed by atoms with van der Waals surface area (Å²) < 4.78 is 13.6. The third-order valence-electron chi connectivity index (χ3n) is 2.77. The summed E-state index contributed by atoms with van der Waals surface area (Å²) in [5.74, 6) is -0.217. The van der Waals surface area contributed by atoms with E-state index in [-0.39, 0.29) is 5.82 Å². The SMILES string of the molecule is Cc1ccc(F)c(CNc2c(C)ccnc2Cl)c1. The molecule has 2 nitrogen and oxygen atoms in total. The Morgan fingerprint density at radius 3 is 2.78 bits per heavy atom. The molecule has 4 heteroatoms. The van der Waals surface area contributed by atoms with Crippen molar-refractivity contribution in [2.24, 2.45) is 0 Å². The standard InChI is InChI=1S/C14H14ClFN2/c1-9-3-4-12(16)11(7-9)8-18-13-10(2)5-6-17-14(13)15/h3-7,18H,8H2,1-2H3. The molecule has 0 radical (unpaired) electrons. The van der Waals surface area contributed by atoms with Crippen molar-refractivity contribution in [1.29, 1.82) is 0 Å². The molecule has 0 bridgehead atoms. The Morgan fingerprint density at radius 2 is 2.06 bits per heavy atom. The maximum Gasteiger partial charge on any atom is 0.152 e. The number of nitrogens with zero attached hydrogens (tertiary/aromatic N) is 1. The number of halogens is 2. The van der Waals surface area contributed by atoms with Gasteiger partial charge in [-0.1, -0.05) is 29.3 Å². The third-order valence-corrected chi connectivity index (χ3v) is 3.06. The molecule has 1 N–H and O–H groups in total. The number of aryl methyl sites for hydroxylation is 2. The van der Waals surface area contributed by atoms with Gasteiger partial charge in [-0.15, -0.1) is 0 Å². The predicted octanol–water partition coefficient (Wildman–Crippen LogP) is 4.10. The molecule has 0 spiro atoms. The maximum absolute atomic E-state index is 13.6. The van der Waals surface area contributed by atoms with Gasteiger partial charge in [0.25, 0.3) is 0 Å². The van der Waals surface area contributed by atoms with Gasteiger partial charge in [0.05, 0.1) is 5.69 Å². The van der Waals surface area contributed by atoms with Crippen molar-refractivity contribution >= 4 is 17.3 Å². The molecule has 18 heavy (non-hydrogen) atoms. The van der Waals surface area contributed by atoms with E-state index in [1.165, 1.54) is 6.07 Å². The highest BCUT2D eigenvalue weighted by Crippen LogP contribution is 2.23. The molecule has 0 aliphatic heterocycles. The topological polar surface area (TPSA) is 24.9 Å². The minimum absolute atomic E-state index is 0.217. The van der Waals surface area contributed by atoms with Crippen LogP contribution in [0.2, 0.25) is 5.15 Å². The Hall–Kier alpha value is -1.61. The molecule has 0 amide bonds. The van der Waals surface area contributed by atoms with Crippen molar-refractivity contribution in [3.63, 3.8) is 0 Å². The van der Waals surface area contributed by atoms with Crippen molar-refractivity contribution < 1.29 is 4.39 Å². The Balaban J connectivity index is 2.19. The number of hydrogen-bond donors (Lipinski definition) is 1. The van der Waals surface area contributed by atoms with E-state index in [2.05, 4.69) is 10.3 Å². The maximum atomic E-state index is 13.6. The number of anilines is 1. The van der Waals surface area contributed by atoms with Crippen LogP contribution in [0, 0.1) is 19.7 Å². The van der Waals surface area contributed by atoms with Crippen LogP contribution in [0.5, 0.6) is 0 Å². The lowest BCUT2D eigenvalue weighted by Gasteiger charge is -2.11. The highest BCUT2D eigenvalue weighted by Gasteiger charge is 2.06. The fourth-order valence-corrected chi connectivity index (χ4v) is 2.03. The molecular weight excluding hydrogens is 251 g/mol. The average Bonchev–Trinajstić information content (AvgIpc) is 2.33. The van der Waals surface area contributed by atoms with Gasteiger partial charge in [0, 0.05) is 18.3 Å². The molecule has 0 aliphatic carbocycles. The smallest absolute Gasteiger partial charge is 0.152 e. The molecule has 0 aliphatic rings. The van der Waals surface area contributed by atoms with E-state index in [4.69, 9.17) is 11.6 Å². The quantitative estimate of drug-likeness (QED) is 0.844. The summed E-state index contributed by atoms with van der Waals surface area (Å²) in [6.45, 7) is 4.26. The molecular formula is C14H14ClFN2. The van der Waals surface area contributed by atoms with Crippen LogP contribution in [0.3, 0.4) is 0 Å². The molecule has 1 aromatic carbocycles. The molecule has 94 valence electrons. The zero-order valence-corrected chi connectivity index (χ0v) is 11.1. The van der Waals surface area contributed by atoms with Crippen LogP contribution in [0.25, 0.3) is 0 Å². The minimum Gasteiger partial charge on any atom is -0.378 e. The number of pyridine rings is 1. The number of nitrogens with one attached hydrogen (secondary N) is 1. The van der Waals surface area contributed by atoms with E-state index in [0.29, 0.717) is 17.3 Å². The molecule has 1 aromatic heterocycles. The van der Waals surface area contributed by atoms with E-state index >= 15 is 0 Å². The lowest BCUT2D eigenvalue weighted by atomic mass is 10.1. The first-order chi connectivity index (χ1) is 8.58. The monoisotopic (exact) mass is 264 g/mol. The van der Waals surface area contributed by atoms with Gasteiger partial charge in [-0.25, -0.2) is 9.37 Å². The lowest BCUT2D eigenvalue weighted by molar-refractivity contribution is 0.612. The fourth-order valence-electron chi connectivity index (χ4n) is 1.76. The van der Waals surface area contributed by atoms with Gasteiger partial charge >= 0.3 is 0 Å². The highest BCUT2D eigenvalue weighted by molar-refractivity contribution is 6.32. The summed E-state index contributed by atoms with van der Waals surface area (Å²) in [6.07, 6.45) is 1.65. The van der Waals surface area contributed by atoms with E-state index in [1.54, 1.807) is 12.3 Å². The van der Waals surface area contributed by atoms with Crippen molar-refractivity contribution in [1.82, 2.24) is 4.98 Å².